The summed E-state index contributed by atoms with van der Waals surface area (Å²) in [4.78, 5) is 13.8. The predicted molar refractivity (Wildman–Crippen MR) is 72.1 cm³/mol. The van der Waals surface area contributed by atoms with Crippen molar-refractivity contribution in [3.8, 4) is 11.5 Å². The van der Waals surface area contributed by atoms with Crippen LogP contribution in [-0.2, 0) is 11.3 Å². The van der Waals surface area contributed by atoms with Crippen molar-refractivity contribution < 1.29 is 14.3 Å². The zero-order chi connectivity index (χ0) is 13.8. The molecule has 1 aliphatic rings. The minimum Gasteiger partial charge on any atom is -0.454 e. The largest absolute Gasteiger partial charge is 0.454 e. The van der Waals surface area contributed by atoms with Crippen molar-refractivity contribution in [1.29, 1.82) is 0 Å². The van der Waals surface area contributed by atoms with Crippen LogP contribution in [0.2, 0.25) is 0 Å². The minimum atomic E-state index is -0.0241. The van der Waals surface area contributed by atoms with Crippen LogP contribution in [0.3, 0.4) is 0 Å². The summed E-state index contributed by atoms with van der Waals surface area (Å²) in [5, 5.41) is 3.02. The third-order valence-corrected chi connectivity index (χ3v) is 3.16. The van der Waals surface area contributed by atoms with Gasteiger partial charge in [-0.1, -0.05) is 13.0 Å². The van der Waals surface area contributed by atoms with Crippen LogP contribution in [0.15, 0.2) is 18.2 Å². The molecule has 1 N–H and O–H groups in total. The van der Waals surface area contributed by atoms with E-state index in [4.69, 9.17) is 9.47 Å². The van der Waals surface area contributed by atoms with E-state index >= 15 is 0 Å². The Morgan fingerprint density at radius 1 is 1.42 bits per heavy atom. The monoisotopic (exact) mass is 264 g/mol. The second-order valence-corrected chi connectivity index (χ2v) is 4.84. The number of rotatable bonds is 5. The van der Waals surface area contributed by atoms with E-state index in [1.54, 1.807) is 4.90 Å². The molecule has 0 bridgehead atoms. The number of benzene rings is 1. The molecule has 1 aromatic rings. The van der Waals surface area contributed by atoms with Gasteiger partial charge in [0.1, 0.15) is 0 Å². The molecule has 1 unspecified atom stereocenters. The number of carbonyl (C=O) groups is 1. The molecule has 1 atom stereocenters. The van der Waals surface area contributed by atoms with Gasteiger partial charge < -0.3 is 19.7 Å². The summed E-state index contributed by atoms with van der Waals surface area (Å²) in [5.41, 5.74) is 1.04. The van der Waals surface area contributed by atoms with Crippen LogP contribution in [-0.4, -0.2) is 38.2 Å². The van der Waals surface area contributed by atoms with Crippen molar-refractivity contribution in [2.24, 2.45) is 5.92 Å². The molecule has 0 saturated heterocycles. The molecular weight excluding hydrogens is 244 g/mol. The molecular formula is C14H20N2O3. The summed E-state index contributed by atoms with van der Waals surface area (Å²) >= 11 is 0. The minimum absolute atomic E-state index is 0.0241. The van der Waals surface area contributed by atoms with Crippen molar-refractivity contribution in [1.82, 2.24) is 10.2 Å². The highest BCUT2D eigenvalue weighted by Crippen LogP contribution is 2.32. The fourth-order valence-electron chi connectivity index (χ4n) is 2.16. The van der Waals surface area contributed by atoms with Gasteiger partial charge in [-0.3, -0.25) is 4.79 Å². The van der Waals surface area contributed by atoms with Gasteiger partial charge in [0.2, 0.25) is 12.7 Å². The molecule has 1 amide bonds. The molecule has 0 fully saturated rings. The first-order valence-corrected chi connectivity index (χ1v) is 6.40. The van der Waals surface area contributed by atoms with Gasteiger partial charge in [-0.15, -0.1) is 0 Å². The maximum absolute atomic E-state index is 12.1. The molecule has 5 heteroatoms. The van der Waals surface area contributed by atoms with Gasteiger partial charge in [0, 0.05) is 26.1 Å². The van der Waals surface area contributed by atoms with Gasteiger partial charge in [0.15, 0.2) is 11.5 Å². The van der Waals surface area contributed by atoms with E-state index in [0.29, 0.717) is 13.1 Å². The van der Waals surface area contributed by atoms with Crippen LogP contribution in [0.25, 0.3) is 0 Å². The number of amides is 1. The first-order chi connectivity index (χ1) is 9.11. The lowest BCUT2D eigenvalue weighted by Crippen LogP contribution is -2.35. The summed E-state index contributed by atoms with van der Waals surface area (Å²) in [5.74, 6) is 1.62. The maximum atomic E-state index is 12.1. The van der Waals surface area contributed by atoms with Gasteiger partial charge in [0.05, 0.1) is 0 Å². The van der Waals surface area contributed by atoms with Crippen LogP contribution in [0.4, 0.5) is 0 Å². The van der Waals surface area contributed by atoms with E-state index in [1.807, 2.05) is 39.2 Å². The molecule has 0 aliphatic carbocycles. The summed E-state index contributed by atoms with van der Waals surface area (Å²) in [6.45, 7) is 3.45. The third-order valence-electron chi connectivity index (χ3n) is 3.16. The number of ether oxygens (including phenoxy) is 2. The van der Waals surface area contributed by atoms with Crippen molar-refractivity contribution >= 4 is 5.91 Å². The Morgan fingerprint density at radius 3 is 2.89 bits per heavy atom. The number of hydrogen-bond donors (Lipinski definition) is 1. The van der Waals surface area contributed by atoms with Gasteiger partial charge in [0.25, 0.3) is 0 Å². The SMILES string of the molecule is CNCC(C)C(=O)N(C)Cc1ccc2c(c1)OCO2. The molecule has 0 saturated carbocycles. The molecule has 5 nitrogen and oxygen atoms in total. The number of hydrogen-bond acceptors (Lipinski definition) is 4. The normalized spacial score (nSPS) is 14.3. The highest BCUT2D eigenvalue weighted by molar-refractivity contribution is 5.78. The van der Waals surface area contributed by atoms with Crippen molar-refractivity contribution in [3.63, 3.8) is 0 Å². The topological polar surface area (TPSA) is 50.8 Å². The molecule has 19 heavy (non-hydrogen) atoms. The van der Waals surface area contributed by atoms with Gasteiger partial charge >= 0.3 is 0 Å². The van der Waals surface area contributed by atoms with Crippen LogP contribution in [0.5, 0.6) is 11.5 Å². The molecule has 0 aromatic heterocycles. The van der Waals surface area contributed by atoms with E-state index in [0.717, 1.165) is 17.1 Å². The molecule has 2 rings (SSSR count). The van der Waals surface area contributed by atoms with Crippen molar-refractivity contribution in [2.75, 3.05) is 27.4 Å². The molecule has 0 radical (unpaired) electrons. The molecule has 1 aromatic carbocycles. The molecule has 0 spiro atoms. The zero-order valence-electron chi connectivity index (χ0n) is 11.6. The van der Waals surface area contributed by atoms with Gasteiger partial charge in [-0.25, -0.2) is 0 Å². The van der Waals surface area contributed by atoms with Crippen LogP contribution in [0, 0.1) is 5.92 Å². The first kappa shape index (κ1) is 13.7. The lowest BCUT2D eigenvalue weighted by atomic mass is 10.1. The number of carbonyl (C=O) groups excluding carboxylic acids is 1. The summed E-state index contributed by atoms with van der Waals surface area (Å²) in [6, 6.07) is 5.77. The predicted octanol–water partition coefficient (Wildman–Crippen LogP) is 1.23. The summed E-state index contributed by atoms with van der Waals surface area (Å²) < 4.78 is 10.6. The third kappa shape index (κ3) is 3.17. The number of fused-ring (bicyclic) bond motifs is 1. The average Bonchev–Trinajstić information content (AvgIpc) is 2.85. The van der Waals surface area contributed by atoms with E-state index in [-0.39, 0.29) is 18.6 Å². The number of nitrogens with zero attached hydrogens (tertiary/aromatic N) is 1. The van der Waals surface area contributed by atoms with E-state index in [1.165, 1.54) is 0 Å². The Kier molecular flexibility index (Phi) is 4.27. The lowest BCUT2D eigenvalue weighted by molar-refractivity contribution is -0.134. The van der Waals surface area contributed by atoms with Gasteiger partial charge in [-0.2, -0.15) is 0 Å². The summed E-state index contributed by atoms with van der Waals surface area (Å²) in [7, 11) is 3.67. The van der Waals surface area contributed by atoms with Gasteiger partial charge in [-0.05, 0) is 24.7 Å². The fraction of sp³-hybridized carbons (Fsp3) is 0.500. The van der Waals surface area contributed by atoms with Crippen molar-refractivity contribution in [3.05, 3.63) is 23.8 Å². The first-order valence-electron chi connectivity index (χ1n) is 6.40. The van der Waals surface area contributed by atoms with Crippen LogP contribution < -0.4 is 14.8 Å². The Labute approximate surface area is 113 Å². The highest BCUT2D eigenvalue weighted by atomic mass is 16.7. The molecule has 1 aliphatic heterocycles. The maximum Gasteiger partial charge on any atom is 0.231 e. The summed E-state index contributed by atoms with van der Waals surface area (Å²) in [6.07, 6.45) is 0. The quantitative estimate of drug-likeness (QED) is 0.869. The average molecular weight is 264 g/mol. The lowest BCUT2D eigenvalue weighted by Gasteiger charge is -2.21. The van der Waals surface area contributed by atoms with E-state index in [2.05, 4.69) is 5.32 Å². The molecule has 104 valence electrons. The van der Waals surface area contributed by atoms with Crippen LogP contribution >= 0.6 is 0 Å². The second kappa shape index (κ2) is 5.93. The van der Waals surface area contributed by atoms with Crippen molar-refractivity contribution in [2.45, 2.75) is 13.5 Å². The van der Waals surface area contributed by atoms with Crippen LogP contribution in [0.1, 0.15) is 12.5 Å². The second-order valence-electron chi connectivity index (χ2n) is 4.84. The Balaban J connectivity index is 1.98. The zero-order valence-corrected chi connectivity index (χ0v) is 11.6. The fourth-order valence-corrected chi connectivity index (χ4v) is 2.16. The number of nitrogens with one attached hydrogen (secondary N) is 1. The smallest absolute Gasteiger partial charge is 0.231 e. The Morgan fingerprint density at radius 2 is 2.16 bits per heavy atom. The van der Waals surface area contributed by atoms with E-state index in [9.17, 15) is 4.79 Å². The van der Waals surface area contributed by atoms with E-state index < -0.39 is 0 Å². The molecule has 1 heterocycles. The Hall–Kier alpha value is -1.75. The highest BCUT2D eigenvalue weighted by Gasteiger charge is 2.18. The Bertz CT molecular complexity index is 462. The standard InChI is InChI=1S/C14H20N2O3/c1-10(7-15-2)14(17)16(3)8-11-4-5-12-13(6-11)19-9-18-12/h4-6,10,15H,7-9H2,1-3H3.